The molecule has 1 aromatic carbocycles. The van der Waals surface area contributed by atoms with Gasteiger partial charge in [-0.2, -0.15) is 0 Å². The largest absolute Gasteiger partial charge is 0.437 e. The van der Waals surface area contributed by atoms with Crippen molar-refractivity contribution < 1.29 is 19.0 Å². The summed E-state index contributed by atoms with van der Waals surface area (Å²) in [5.41, 5.74) is 0. The van der Waals surface area contributed by atoms with E-state index in [0.29, 0.717) is 34.9 Å². The summed E-state index contributed by atoms with van der Waals surface area (Å²) in [4.78, 5) is 13.5. The molecule has 1 N–H and O–H groups in total. The minimum absolute atomic E-state index is 0.0494. The fourth-order valence-corrected chi connectivity index (χ4v) is 3.82. The van der Waals surface area contributed by atoms with Gasteiger partial charge >= 0.3 is 0 Å². The highest BCUT2D eigenvalue weighted by molar-refractivity contribution is 14.1. The number of benzene rings is 1. The quantitative estimate of drug-likeness (QED) is 0.688. The molecule has 124 valence electrons. The molecule has 2 aliphatic rings. The topological polar surface area (TPSA) is 60.0 Å². The van der Waals surface area contributed by atoms with Gasteiger partial charge in [0.2, 0.25) is 11.8 Å². The zero-order valence-electron chi connectivity index (χ0n) is 12.1. The lowest BCUT2D eigenvalue weighted by atomic mass is 10.3. The van der Waals surface area contributed by atoms with Crippen LogP contribution in [0.5, 0.6) is 5.75 Å². The summed E-state index contributed by atoms with van der Waals surface area (Å²) in [5, 5.41) is 3.64. The molecule has 3 rings (SSSR count). The number of carbonyl (C=O) groups is 1. The number of nitrogens with zero attached hydrogens (tertiary/aromatic N) is 1. The first-order valence-electron chi connectivity index (χ1n) is 6.77. The number of hydrogen-bond donors (Lipinski definition) is 1. The summed E-state index contributed by atoms with van der Waals surface area (Å²) >= 11 is 14.5. The molecule has 2 aliphatic heterocycles. The standard InChI is InChI=1S/C14H13Cl2IN2O4/c1-14(21-2-3-22-14)19-7-11(18-6-12(19)20)23-13-9(15)4-8(17)5-10(13)16/h4-5,7,18H,2-3,6H2,1H3. The van der Waals surface area contributed by atoms with Crippen LogP contribution in [0.25, 0.3) is 0 Å². The van der Waals surface area contributed by atoms with E-state index in [-0.39, 0.29) is 12.5 Å². The Labute approximate surface area is 156 Å². The molecule has 0 spiro atoms. The average Bonchev–Trinajstić information content (AvgIpc) is 2.92. The van der Waals surface area contributed by atoms with Gasteiger partial charge in [0.15, 0.2) is 5.75 Å². The van der Waals surface area contributed by atoms with E-state index in [1.54, 1.807) is 19.1 Å². The molecule has 0 aromatic heterocycles. The minimum Gasteiger partial charge on any atom is -0.437 e. The highest BCUT2D eigenvalue weighted by Crippen LogP contribution is 2.36. The van der Waals surface area contributed by atoms with Gasteiger partial charge in [-0.3, -0.25) is 9.69 Å². The first-order valence-corrected chi connectivity index (χ1v) is 8.61. The second-order valence-electron chi connectivity index (χ2n) is 5.01. The lowest BCUT2D eigenvalue weighted by Gasteiger charge is -2.36. The number of ether oxygens (including phenoxy) is 3. The van der Waals surface area contributed by atoms with E-state index in [9.17, 15) is 4.79 Å². The molecule has 1 fully saturated rings. The van der Waals surface area contributed by atoms with Gasteiger partial charge in [-0.05, 0) is 34.7 Å². The van der Waals surface area contributed by atoms with Gasteiger partial charge in [-0.25, -0.2) is 0 Å². The predicted molar refractivity (Wildman–Crippen MR) is 93.0 cm³/mol. The number of halogens is 3. The van der Waals surface area contributed by atoms with Crippen LogP contribution in [-0.2, 0) is 14.3 Å². The van der Waals surface area contributed by atoms with Crippen LogP contribution in [0.4, 0.5) is 0 Å². The maximum atomic E-state index is 12.1. The molecule has 23 heavy (non-hydrogen) atoms. The maximum absolute atomic E-state index is 12.1. The highest BCUT2D eigenvalue weighted by Gasteiger charge is 2.42. The lowest BCUT2D eigenvalue weighted by molar-refractivity contribution is -0.228. The van der Waals surface area contributed by atoms with Crippen molar-refractivity contribution in [1.82, 2.24) is 10.2 Å². The van der Waals surface area contributed by atoms with Gasteiger partial charge in [0.05, 0.1) is 36.0 Å². The second kappa shape index (κ2) is 6.64. The van der Waals surface area contributed by atoms with Gasteiger partial charge in [-0.15, -0.1) is 0 Å². The zero-order chi connectivity index (χ0) is 16.6. The van der Waals surface area contributed by atoms with E-state index in [0.717, 1.165) is 3.57 Å². The molecule has 0 unspecified atom stereocenters. The highest BCUT2D eigenvalue weighted by atomic mass is 127. The van der Waals surface area contributed by atoms with Crippen LogP contribution in [-0.4, -0.2) is 36.5 Å². The molecule has 1 amide bonds. The lowest BCUT2D eigenvalue weighted by Crippen LogP contribution is -2.53. The third kappa shape index (κ3) is 3.53. The molecule has 1 aromatic rings. The third-order valence-corrected chi connectivity index (χ3v) is 4.55. The maximum Gasteiger partial charge on any atom is 0.255 e. The molecular formula is C14H13Cl2IN2O4. The summed E-state index contributed by atoms with van der Waals surface area (Å²) in [5.74, 6) is -0.676. The molecule has 1 saturated heterocycles. The van der Waals surface area contributed by atoms with Crippen molar-refractivity contribution in [3.05, 3.63) is 37.8 Å². The smallest absolute Gasteiger partial charge is 0.255 e. The van der Waals surface area contributed by atoms with Gasteiger partial charge in [-0.1, -0.05) is 23.2 Å². The average molecular weight is 471 g/mol. The number of rotatable bonds is 3. The Morgan fingerprint density at radius 1 is 1.30 bits per heavy atom. The molecule has 0 saturated carbocycles. The first-order chi connectivity index (χ1) is 10.9. The number of hydrogen-bond acceptors (Lipinski definition) is 5. The van der Waals surface area contributed by atoms with Crippen LogP contribution in [0, 0.1) is 3.57 Å². The van der Waals surface area contributed by atoms with Crippen molar-refractivity contribution in [3.8, 4) is 5.75 Å². The van der Waals surface area contributed by atoms with Crippen LogP contribution in [0.1, 0.15) is 6.92 Å². The Bertz CT molecular complexity index is 654. The number of carbonyl (C=O) groups excluding carboxylic acids is 1. The summed E-state index contributed by atoms with van der Waals surface area (Å²) in [6, 6.07) is 3.47. The van der Waals surface area contributed by atoms with E-state index in [4.69, 9.17) is 37.4 Å². The SMILES string of the molecule is CC1(N2C=C(Oc3c(Cl)cc(I)cc3Cl)NCC2=O)OCCO1. The molecule has 0 bridgehead atoms. The Hall–Kier alpha value is -0.740. The molecule has 0 radical (unpaired) electrons. The van der Waals surface area contributed by atoms with Crippen molar-refractivity contribution in [2.45, 2.75) is 12.8 Å². The van der Waals surface area contributed by atoms with Crippen LogP contribution < -0.4 is 10.1 Å². The van der Waals surface area contributed by atoms with E-state index >= 15 is 0 Å². The summed E-state index contributed by atoms with van der Waals surface area (Å²) < 4.78 is 17.7. The summed E-state index contributed by atoms with van der Waals surface area (Å²) in [6.07, 6.45) is 1.49. The van der Waals surface area contributed by atoms with Gasteiger partial charge < -0.3 is 19.5 Å². The number of amides is 1. The fourth-order valence-electron chi connectivity index (χ4n) is 2.27. The Morgan fingerprint density at radius 2 is 1.91 bits per heavy atom. The van der Waals surface area contributed by atoms with Crippen LogP contribution in [0.3, 0.4) is 0 Å². The van der Waals surface area contributed by atoms with Crippen LogP contribution in [0.15, 0.2) is 24.2 Å². The van der Waals surface area contributed by atoms with E-state index in [1.165, 1.54) is 11.1 Å². The van der Waals surface area contributed by atoms with Crippen molar-refractivity contribution >= 4 is 51.7 Å². The van der Waals surface area contributed by atoms with Gasteiger partial charge in [0, 0.05) is 10.5 Å². The zero-order valence-corrected chi connectivity index (χ0v) is 15.7. The predicted octanol–water partition coefficient (Wildman–Crippen LogP) is 2.93. The van der Waals surface area contributed by atoms with Crippen molar-refractivity contribution in [2.24, 2.45) is 0 Å². The van der Waals surface area contributed by atoms with Crippen LogP contribution >= 0.6 is 45.8 Å². The Kier molecular flexibility index (Phi) is 4.93. The minimum atomic E-state index is -1.13. The van der Waals surface area contributed by atoms with Gasteiger partial charge in [0.1, 0.15) is 0 Å². The van der Waals surface area contributed by atoms with E-state index in [2.05, 4.69) is 27.9 Å². The van der Waals surface area contributed by atoms with E-state index in [1.807, 2.05) is 0 Å². The molecule has 6 nitrogen and oxygen atoms in total. The van der Waals surface area contributed by atoms with Crippen molar-refractivity contribution in [2.75, 3.05) is 19.8 Å². The molecule has 0 aliphatic carbocycles. The second-order valence-corrected chi connectivity index (χ2v) is 7.07. The molecule has 0 atom stereocenters. The molecular weight excluding hydrogens is 458 g/mol. The third-order valence-electron chi connectivity index (χ3n) is 3.36. The Balaban J connectivity index is 1.87. The molecule has 9 heteroatoms. The molecule has 2 heterocycles. The summed E-state index contributed by atoms with van der Waals surface area (Å²) in [7, 11) is 0. The van der Waals surface area contributed by atoms with Crippen molar-refractivity contribution in [1.29, 1.82) is 0 Å². The van der Waals surface area contributed by atoms with Crippen LogP contribution in [0.2, 0.25) is 10.0 Å². The fraction of sp³-hybridized carbons (Fsp3) is 0.357. The number of nitrogens with one attached hydrogen (secondary N) is 1. The first kappa shape index (κ1) is 17.1. The normalized spacial score (nSPS) is 20.3. The van der Waals surface area contributed by atoms with E-state index < -0.39 is 5.91 Å². The van der Waals surface area contributed by atoms with Crippen molar-refractivity contribution in [3.63, 3.8) is 0 Å². The summed E-state index contributed by atoms with van der Waals surface area (Å²) in [6.45, 7) is 2.58. The Morgan fingerprint density at radius 3 is 2.52 bits per heavy atom. The monoisotopic (exact) mass is 470 g/mol. The van der Waals surface area contributed by atoms with Gasteiger partial charge in [0.25, 0.3) is 5.91 Å².